The van der Waals surface area contributed by atoms with Crippen LogP contribution in [-0.4, -0.2) is 13.4 Å². The molecule has 6 heteroatoms. The monoisotopic (exact) mass is 291 g/mol. The van der Waals surface area contributed by atoms with E-state index in [9.17, 15) is 8.42 Å². The van der Waals surface area contributed by atoms with Gasteiger partial charge in [0.25, 0.3) is 10.0 Å². The topological polar surface area (TPSA) is 85.1 Å². The van der Waals surface area contributed by atoms with Crippen LogP contribution in [0.1, 0.15) is 18.2 Å². The molecule has 2 rings (SSSR count). The van der Waals surface area contributed by atoms with Crippen LogP contribution in [0.5, 0.6) is 0 Å². The molecule has 1 heterocycles. The zero-order valence-corrected chi connectivity index (χ0v) is 12.0. The van der Waals surface area contributed by atoms with E-state index in [1.807, 2.05) is 19.1 Å². The lowest BCUT2D eigenvalue weighted by Crippen LogP contribution is -2.13. The molecule has 0 saturated heterocycles. The van der Waals surface area contributed by atoms with E-state index in [-0.39, 0.29) is 11.4 Å². The number of sulfonamides is 1. The normalized spacial score (nSPS) is 11.3. The van der Waals surface area contributed by atoms with Crippen LogP contribution >= 0.6 is 0 Å². The summed E-state index contributed by atoms with van der Waals surface area (Å²) in [4.78, 5) is 4.11. The lowest BCUT2D eigenvalue weighted by molar-refractivity contribution is 0.600. The summed E-state index contributed by atoms with van der Waals surface area (Å²) in [6.07, 6.45) is 2.22. The van der Waals surface area contributed by atoms with Gasteiger partial charge in [0.05, 0.1) is 5.69 Å². The van der Waals surface area contributed by atoms with Gasteiger partial charge in [0.15, 0.2) is 0 Å². The van der Waals surface area contributed by atoms with Crippen molar-refractivity contribution in [2.24, 2.45) is 5.73 Å². The molecular formula is C14H17N3O2S. The predicted molar refractivity (Wildman–Crippen MR) is 78.8 cm³/mol. The van der Waals surface area contributed by atoms with Gasteiger partial charge in [-0.1, -0.05) is 19.1 Å². The highest BCUT2D eigenvalue weighted by Crippen LogP contribution is 2.16. The van der Waals surface area contributed by atoms with Crippen molar-refractivity contribution in [1.29, 1.82) is 0 Å². The molecule has 5 nitrogen and oxygen atoms in total. The Kier molecular flexibility index (Phi) is 4.36. The van der Waals surface area contributed by atoms with Crippen molar-refractivity contribution < 1.29 is 8.42 Å². The molecule has 0 amide bonds. The van der Waals surface area contributed by atoms with Crippen molar-refractivity contribution in [3.63, 3.8) is 0 Å². The van der Waals surface area contributed by atoms with E-state index < -0.39 is 10.0 Å². The molecule has 0 fully saturated rings. The van der Waals surface area contributed by atoms with Gasteiger partial charge in [0.2, 0.25) is 0 Å². The van der Waals surface area contributed by atoms with Gasteiger partial charge in [-0.3, -0.25) is 9.71 Å². The third kappa shape index (κ3) is 3.34. The summed E-state index contributed by atoms with van der Waals surface area (Å²) >= 11 is 0. The summed E-state index contributed by atoms with van der Waals surface area (Å²) in [5.41, 5.74) is 7.77. The molecular weight excluding hydrogens is 274 g/mol. The fraction of sp³-hybridized carbons (Fsp3) is 0.214. The number of pyridine rings is 1. The Morgan fingerprint density at radius 3 is 2.35 bits per heavy atom. The molecule has 0 aliphatic heterocycles. The first-order valence-electron chi connectivity index (χ1n) is 6.32. The number of hydrogen-bond acceptors (Lipinski definition) is 4. The molecule has 0 atom stereocenters. The van der Waals surface area contributed by atoms with E-state index in [2.05, 4.69) is 9.71 Å². The molecule has 0 saturated carbocycles. The standard InChI is InChI=1S/C14H17N3O2S/c1-2-11-3-5-12(6-4-11)17-20(18,19)14-8-7-13(9-15)16-10-14/h3-8,10,17H,2,9,15H2,1H3. The first-order valence-corrected chi connectivity index (χ1v) is 7.80. The Morgan fingerprint density at radius 2 is 1.85 bits per heavy atom. The van der Waals surface area contributed by atoms with Crippen molar-refractivity contribution in [3.8, 4) is 0 Å². The van der Waals surface area contributed by atoms with Crippen LogP contribution in [0.4, 0.5) is 5.69 Å². The third-order valence-electron chi connectivity index (χ3n) is 2.93. The lowest BCUT2D eigenvalue weighted by atomic mass is 10.2. The number of nitrogens with one attached hydrogen (secondary N) is 1. The van der Waals surface area contributed by atoms with Crippen LogP contribution in [0.25, 0.3) is 0 Å². The lowest BCUT2D eigenvalue weighted by Gasteiger charge is -2.08. The zero-order valence-electron chi connectivity index (χ0n) is 11.2. The number of rotatable bonds is 5. The molecule has 0 bridgehead atoms. The summed E-state index contributed by atoms with van der Waals surface area (Å²) in [6.45, 7) is 2.33. The Bertz CT molecular complexity index is 665. The maximum Gasteiger partial charge on any atom is 0.263 e. The summed E-state index contributed by atoms with van der Waals surface area (Å²) in [5, 5.41) is 0. The molecule has 106 valence electrons. The van der Waals surface area contributed by atoms with E-state index in [4.69, 9.17) is 5.73 Å². The Labute approximate surface area is 118 Å². The molecule has 3 N–H and O–H groups in total. The van der Waals surface area contributed by atoms with Gasteiger partial charge in [-0.2, -0.15) is 0 Å². The molecule has 0 radical (unpaired) electrons. The minimum absolute atomic E-state index is 0.120. The van der Waals surface area contributed by atoms with Gasteiger partial charge in [-0.25, -0.2) is 8.42 Å². The summed E-state index contributed by atoms with van der Waals surface area (Å²) in [6, 6.07) is 10.4. The summed E-state index contributed by atoms with van der Waals surface area (Å²) in [5.74, 6) is 0. The maximum atomic E-state index is 12.2. The van der Waals surface area contributed by atoms with Gasteiger partial charge < -0.3 is 5.73 Å². The fourth-order valence-corrected chi connectivity index (χ4v) is 2.72. The van der Waals surface area contributed by atoms with Crippen LogP contribution in [0.15, 0.2) is 47.5 Å². The summed E-state index contributed by atoms with van der Waals surface area (Å²) < 4.78 is 26.9. The highest BCUT2D eigenvalue weighted by Gasteiger charge is 2.14. The van der Waals surface area contributed by atoms with E-state index >= 15 is 0 Å². The Balaban J connectivity index is 2.20. The van der Waals surface area contributed by atoms with Crippen molar-refractivity contribution in [1.82, 2.24) is 4.98 Å². The third-order valence-corrected chi connectivity index (χ3v) is 4.30. The quantitative estimate of drug-likeness (QED) is 0.881. The molecule has 0 unspecified atom stereocenters. The van der Waals surface area contributed by atoms with Crippen molar-refractivity contribution >= 4 is 15.7 Å². The van der Waals surface area contributed by atoms with E-state index in [0.717, 1.165) is 12.0 Å². The number of aryl methyl sites for hydroxylation is 1. The van der Waals surface area contributed by atoms with Gasteiger partial charge in [0, 0.05) is 18.4 Å². The van der Waals surface area contributed by atoms with Crippen LogP contribution in [0.2, 0.25) is 0 Å². The van der Waals surface area contributed by atoms with E-state index in [1.54, 1.807) is 18.2 Å². The first kappa shape index (κ1) is 14.5. The minimum atomic E-state index is -3.61. The van der Waals surface area contributed by atoms with Gasteiger partial charge in [-0.05, 0) is 36.2 Å². The SMILES string of the molecule is CCc1ccc(NS(=O)(=O)c2ccc(CN)nc2)cc1. The van der Waals surface area contributed by atoms with Crippen molar-refractivity contribution in [2.75, 3.05) is 4.72 Å². The molecule has 0 spiro atoms. The Morgan fingerprint density at radius 1 is 1.15 bits per heavy atom. The Hall–Kier alpha value is -1.92. The maximum absolute atomic E-state index is 12.2. The largest absolute Gasteiger partial charge is 0.325 e. The summed E-state index contributed by atoms with van der Waals surface area (Å²) in [7, 11) is -3.61. The van der Waals surface area contributed by atoms with E-state index in [1.165, 1.54) is 12.3 Å². The second-order valence-electron chi connectivity index (χ2n) is 4.35. The van der Waals surface area contributed by atoms with Crippen molar-refractivity contribution in [3.05, 3.63) is 53.9 Å². The van der Waals surface area contributed by atoms with E-state index in [0.29, 0.717) is 11.4 Å². The van der Waals surface area contributed by atoms with Crippen molar-refractivity contribution in [2.45, 2.75) is 24.8 Å². The number of aromatic nitrogens is 1. The smallest absolute Gasteiger partial charge is 0.263 e. The average Bonchev–Trinajstić information content (AvgIpc) is 2.48. The number of anilines is 1. The molecule has 1 aromatic heterocycles. The van der Waals surface area contributed by atoms with Crippen LogP contribution in [-0.2, 0) is 23.0 Å². The minimum Gasteiger partial charge on any atom is -0.325 e. The zero-order chi connectivity index (χ0) is 14.6. The second kappa shape index (κ2) is 6.02. The number of hydrogen-bond donors (Lipinski definition) is 2. The second-order valence-corrected chi connectivity index (χ2v) is 6.03. The van der Waals surface area contributed by atoms with Gasteiger partial charge in [-0.15, -0.1) is 0 Å². The first-order chi connectivity index (χ1) is 9.55. The average molecular weight is 291 g/mol. The van der Waals surface area contributed by atoms with Crippen LogP contribution in [0, 0.1) is 0 Å². The number of benzene rings is 1. The highest BCUT2D eigenvalue weighted by atomic mass is 32.2. The highest BCUT2D eigenvalue weighted by molar-refractivity contribution is 7.92. The molecule has 2 aromatic rings. The van der Waals surface area contributed by atoms with Crippen LogP contribution < -0.4 is 10.5 Å². The molecule has 0 aliphatic carbocycles. The predicted octanol–water partition coefficient (Wildman–Crippen LogP) is 1.90. The van der Waals surface area contributed by atoms with Gasteiger partial charge >= 0.3 is 0 Å². The molecule has 20 heavy (non-hydrogen) atoms. The van der Waals surface area contributed by atoms with Crippen LogP contribution in [0.3, 0.4) is 0 Å². The number of nitrogens with two attached hydrogens (primary N) is 1. The molecule has 0 aliphatic rings. The fourth-order valence-electron chi connectivity index (χ4n) is 1.71. The molecule has 1 aromatic carbocycles. The van der Waals surface area contributed by atoms with Gasteiger partial charge in [0.1, 0.15) is 4.90 Å². The number of nitrogens with zero attached hydrogens (tertiary/aromatic N) is 1.